The van der Waals surface area contributed by atoms with E-state index in [0.29, 0.717) is 12.1 Å². The van der Waals surface area contributed by atoms with Gasteiger partial charge in [0.15, 0.2) is 5.96 Å². The van der Waals surface area contributed by atoms with Crippen molar-refractivity contribution in [2.45, 2.75) is 82.0 Å². The zero-order valence-corrected chi connectivity index (χ0v) is 20.1. The molecule has 3 N–H and O–H groups in total. The molecule has 1 aromatic carbocycles. The van der Waals surface area contributed by atoms with E-state index in [2.05, 4.69) is 63.1 Å². The number of guanidine groups is 1. The fourth-order valence-corrected chi connectivity index (χ4v) is 5.74. The Kier molecular flexibility index (Phi) is 8.44. The van der Waals surface area contributed by atoms with Gasteiger partial charge in [0.1, 0.15) is 0 Å². The van der Waals surface area contributed by atoms with Crippen LogP contribution in [-0.2, 0) is 4.74 Å². The summed E-state index contributed by atoms with van der Waals surface area (Å²) in [5.41, 5.74) is 1.34. The van der Waals surface area contributed by atoms with Crippen molar-refractivity contribution in [2.75, 3.05) is 39.9 Å². The van der Waals surface area contributed by atoms with E-state index in [0.717, 1.165) is 44.6 Å². The molecule has 3 aliphatic rings. The highest BCUT2D eigenvalue weighted by Gasteiger charge is 2.34. The molecule has 0 radical (unpaired) electrons. The largest absolute Gasteiger partial charge is 0.381 e. The van der Waals surface area contributed by atoms with Crippen LogP contribution in [0.1, 0.15) is 69.9 Å². The summed E-state index contributed by atoms with van der Waals surface area (Å²) in [6, 6.07) is 12.4. The number of hydrogen-bond acceptors (Lipinski definition) is 4. The zero-order chi connectivity index (χ0) is 22.2. The molecule has 178 valence electrons. The van der Waals surface area contributed by atoms with Gasteiger partial charge >= 0.3 is 0 Å². The molecule has 0 aromatic heterocycles. The lowest BCUT2D eigenvalue weighted by atomic mass is 9.88. The van der Waals surface area contributed by atoms with Crippen molar-refractivity contribution >= 4 is 5.96 Å². The number of nitrogens with one attached hydrogen (secondary N) is 3. The van der Waals surface area contributed by atoms with Crippen LogP contribution in [0.25, 0.3) is 0 Å². The topological polar surface area (TPSA) is 60.9 Å². The Hall–Kier alpha value is -1.63. The predicted octanol–water partition coefficient (Wildman–Crippen LogP) is 3.46. The highest BCUT2D eigenvalue weighted by molar-refractivity contribution is 5.80. The van der Waals surface area contributed by atoms with Crippen molar-refractivity contribution in [1.29, 1.82) is 0 Å². The maximum Gasteiger partial charge on any atom is 0.191 e. The van der Waals surface area contributed by atoms with Crippen LogP contribution >= 0.6 is 0 Å². The predicted molar refractivity (Wildman–Crippen MR) is 132 cm³/mol. The van der Waals surface area contributed by atoms with Gasteiger partial charge < -0.3 is 25.6 Å². The molecule has 0 amide bonds. The van der Waals surface area contributed by atoms with Crippen LogP contribution in [0, 0.1) is 0 Å². The first-order valence-corrected chi connectivity index (χ1v) is 12.8. The maximum atomic E-state index is 5.70. The van der Waals surface area contributed by atoms with Gasteiger partial charge in [0.05, 0.1) is 0 Å². The zero-order valence-electron chi connectivity index (χ0n) is 20.1. The molecule has 0 spiro atoms. The minimum Gasteiger partial charge on any atom is -0.381 e. The SMILES string of the molecule is CN=C(NCC1(NC(C)c2ccccc2)CCOCC1)NC1CCN(C2CCCC2)CC1. The van der Waals surface area contributed by atoms with Gasteiger partial charge in [0.2, 0.25) is 0 Å². The van der Waals surface area contributed by atoms with Crippen molar-refractivity contribution < 1.29 is 4.74 Å². The molecule has 3 fully saturated rings. The van der Waals surface area contributed by atoms with Crippen LogP contribution in [0.2, 0.25) is 0 Å². The highest BCUT2D eigenvalue weighted by atomic mass is 16.5. The van der Waals surface area contributed by atoms with E-state index in [1.807, 2.05) is 7.05 Å². The molecule has 2 aliphatic heterocycles. The van der Waals surface area contributed by atoms with E-state index in [1.54, 1.807) is 0 Å². The lowest BCUT2D eigenvalue weighted by Gasteiger charge is -2.41. The second-order valence-corrected chi connectivity index (χ2v) is 9.99. The van der Waals surface area contributed by atoms with Crippen molar-refractivity contribution in [3.63, 3.8) is 0 Å². The number of hydrogen-bond donors (Lipinski definition) is 3. The summed E-state index contributed by atoms with van der Waals surface area (Å²) < 4.78 is 5.70. The molecule has 1 saturated carbocycles. The molecule has 1 aromatic rings. The normalized spacial score (nSPS) is 24.4. The Morgan fingerprint density at radius 2 is 1.78 bits per heavy atom. The van der Waals surface area contributed by atoms with E-state index >= 15 is 0 Å². The summed E-state index contributed by atoms with van der Waals surface area (Å²) in [5, 5.41) is 11.3. The lowest BCUT2D eigenvalue weighted by Crippen LogP contribution is -2.59. The van der Waals surface area contributed by atoms with Crippen LogP contribution in [0.5, 0.6) is 0 Å². The molecule has 2 saturated heterocycles. The van der Waals surface area contributed by atoms with Crippen molar-refractivity contribution in [3.8, 4) is 0 Å². The minimum absolute atomic E-state index is 0.0109. The monoisotopic (exact) mass is 441 g/mol. The fourth-order valence-electron chi connectivity index (χ4n) is 5.74. The molecule has 0 bridgehead atoms. The Bertz CT molecular complexity index is 704. The number of piperidine rings is 1. The average molecular weight is 442 g/mol. The standard InChI is InChI=1S/C26H43N5O/c1-21(22-8-4-3-5-9-22)30-26(14-18-32-19-15-26)20-28-25(27-2)29-23-12-16-31(17-13-23)24-10-6-7-11-24/h3-5,8-9,21,23-24,30H,6-7,10-20H2,1-2H3,(H2,27,28,29). The number of nitrogens with zero attached hydrogens (tertiary/aromatic N) is 2. The van der Waals surface area contributed by atoms with Gasteiger partial charge in [-0.05, 0) is 51.0 Å². The molecule has 1 unspecified atom stereocenters. The van der Waals surface area contributed by atoms with E-state index in [4.69, 9.17) is 4.74 Å². The highest BCUT2D eigenvalue weighted by Crippen LogP contribution is 2.27. The maximum absolute atomic E-state index is 5.70. The summed E-state index contributed by atoms with van der Waals surface area (Å²) in [6.45, 7) is 7.17. The summed E-state index contributed by atoms with van der Waals surface area (Å²) in [4.78, 5) is 7.28. The van der Waals surface area contributed by atoms with Crippen molar-refractivity contribution in [1.82, 2.24) is 20.9 Å². The molecule has 4 rings (SSSR count). The first-order chi connectivity index (χ1) is 15.7. The average Bonchev–Trinajstić information content (AvgIpc) is 3.38. The molecule has 1 atom stereocenters. The Morgan fingerprint density at radius 1 is 1.09 bits per heavy atom. The Balaban J connectivity index is 1.29. The van der Waals surface area contributed by atoms with Crippen molar-refractivity contribution in [3.05, 3.63) is 35.9 Å². The minimum atomic E-state index is 0.0109. The van der Waals surface area contributed by atoms with Crippen LogP contribution < -0.4 is 16.0 Å². The quantitative estimate of drug-likeness (QED) is 0.447. The van der Waals surface area contributed by atoms with Crippen LogP contribution in [0.4, 0.5) is 0 Å². The molecular formula is C26H43N5O. The second-order valence-electron chi connectivity index (χ2n) is 9.99. The van der Waals surface area contributed by atoms with E-state index in [-0.39, 0.29) is 5.54 Å². The van der Waals surface area contributed by atoms with Crippen LogP contribution in [0.15, 0.2) is 35.3 Å². The summed E-state index contributed by atoms with van der Waals surface area (Å²) in [6.07, 6.45) is 10.1. The van der Waals surface area contributed by atoms with Crippen molar-refractivity contribution in [2.24, 2.45) is 4.99 Å². The van der Waals surface area contributed by atoms with Gasteiger partial charge in [-0.3, -0.25) is 4.99 Å². The Labute approximate surface area is 194 Å². The van der Waals surface area contributed by atoms with E-state index in [9.17, 15) is 0 Å². The molecule has 6 heteroatoms. The number of aliphatic imine (C=N–C) groups is 1. The fraction of sp³-hybridized carbons (Fsp3) is 0.731. The molecule has 1 aliphatic carbocycles. The van der Waals surface area contributed by atoms with Crippen LogP contribution in [-0.4, -0.2) is 68.4 Å². The summed E-state index contributed by atoms with van der Waals surface area (Å²) in [7, 11) is 1.89. The van der Waals surface area contributed by atoms with Gasteiger partial charge in [-0.1, -0.05) is 43.2 Å². The van der Waals surface area contributed by atoms with E-state index in [1.165, 1.54) is 57.2 Å². The van der Waals surface area contributed by atoms with E-state index < -0.39 is 0 Å². The molecular weight excluding hydrogens is 398 g/mol. The second kappa shape index (κ2) is 11.5. The molecule has 6 nitrogen and oxygen atoms in total. The summed E-state index contributed by atoms with van der Waals surface area (Å²) >= 11 is 0. The smallest absolute Gasteiger partial charge is 0.191 e. The number of rotatable bonds is 7. The first-order valence-electron chi connectivity index (χ1n) is 12.8. The number of ether oxygens (including phenoxy) is 1. The number of likely N-dealkylation sites (tertiary alicyclic amines) is 1. The van der Waals surface area contributed by atoms with Gasteiger partial charge in [-0.15, -0.1) is 0 Å². The molecule has 2 heterocycles. The Morgan fingerprint density at radius 3 is 2.44 bits per heavy atom. The third-order valence-electron chi connectivity index (χ3n) is 7.80. The lowest BCUT2D eigenvalue weighted by molar-refractivity contribution is 0.0354. The number of benzene rings is 1. The first kappa shape index (κ1) is 23.5. The van der Waals surface area contributed by atoms with Gasteiger partial charge in [-0.25, -0.2) is 0 Å². The third-order valence-corrected chi connectivity index (χ3v) is 7.80. The summed E-state index contributed by atoms with van der Waals surface area (Å²) in [5.74, 6) is 0.935. The van der Waals surface area contributed by atoms with Crippen LogP contribution in [0.3, 0.4) is 0 Å². The van der Waals surface area contributed by atoms with Gasteiger partial charge in [-0.2, -0.15) is 0 Å². The van der Waals surface area contributed by atoms with Gasteiger partial charge in [0.25, 0.3) is 0 Å². The van der Waals surface area contributed by atoms with Gasteiger partial charge in [0, 0.05) is 63.6 Å². The molecule has 32 heavy (non-hydrogen) atoms. The third kappa shape index (κ3) is 6.24.